The standard InChI is InChI=1S/C23H16FN3O/c24-21-11-17(16-4-3-15-7-9-25-12-19(15)10-16)5-6-18(21)13-27-14-22-20(23(27)28)2-1-8-26-22/h1-12,14,28H,13H2. The molecule has 2 aromatic carbocycles. The molecule has 0 bridgehead atoms. The van der Waals surface area contributed by atoms with Gasteiger partial charge in [0.1, 0.15) is 5.82 Å². The van der Waals surface area contributed by atoms with E-state index < -0.39 is 0 Å². The summed E-state index contributed by atoms with van der Waals surface area (Å²) < 4.78 is 16.4. The molecular weight excluding hydrogens is 353 g/mol. The third-order valence-electron chi connectivity index (χ3n) is 5.00. The summed E-state index contributed by atoms with van der Waals surface area (Å²) in [6.07, 6.45) is 6.96. The van der Waals surface area contributed by atoms with E-state index >= 15 is 0 Å². The topological polar surface area (TPSA) is 50.9 Å². The summed E-state index contributed by atoms with van der Waals surface area (Å²) >= 11 is 0. The van der Waals surface area contributed by atoms with Gasteiger partial charge < -0.3 is 9.67 Å². The Morgan fingerprint density at radius 2 is 1.79 bits per heavy atom. The maximum Gasteiger partial charge on any atom is 0.201 e. The van der Waals surface area contributed by atoms with Crippen molar-refractivity contribution in [2.24, 2.45) is 0 Å². The molecule has 0 saturated carbocycles. The fourth-order valence-corrected chi connectivity index (χ4v) is 3.50. The zero-order valence-electron chi connectivity index (χ0n) is 14.9. The quantitative estimate of drug-likeness (QED) is 0.479. The summed E-state index contributed by atoms with van der Waals surface area (Å²) in [4.78, 5) is 8.37. The van der Waals surface area contributed by atoms with Gasteiger partial charge in [0.2, 0.25) is 5.88 Å². The Hall–Kier alpha value is -3.73. The second kappa shape index (κ2) is 6.46. The molecule has 4 nitrogen and oxygen atoms in total. The molecule has 0 radical (unpaired) electrons. The molecular formula is C23H16FN3O. The van der Waals surface area contributed by atoms with E-state index in [9.17, 15) is 9.50 Å². The van der Waals surface area contributed by atoms with Crippen LogP contribution in [0.5, 0.6) is 5.88 Å². The van der Waals surface area contributed by atoms with Gasteiger partial charge in [-0.25, -0.2) is 4.39 Å². The average molecular weight is 369 g/mol. The number of benzene rings is 2. The summed E-state index contributed by atoms with van der Waals surface area (Å²) in [6, 6.07) is 16.7. The third-order valence-corrected chi connectivity index (χ3v) is 5.00. The van der Waals surface area contributed by atoms with Crippen molar-refractivity contribution in [2.45, 2.75) is 6.54 Å². The van der Waals surface area contributed by atoms with Crippen molar-refractivity contribution in [2.75, 3.05) is 0 Å². The van der Waals surface area contributed by atoms with Gasteiger partial charge in [-0.15, -0.1) is 0 Å². The van der Waals surface area contributed by atoms with E-state index in [1.54, 1.807) is 47.6 Å². The number of pyridine rings is 2. The predicted octanol–water partition coefficient (Wildman–Crippen LogP) is 5.14. The van der Waals surface area contributed by atoms with E-state index in [4.69, 9.17) is 0 Å². The summed E-state index contributed by atoms with van der Waals surface area (Å²) in [5, 5.41) is 13.1. The summed E-state index contributed by atoms with van der Waals surface area (Å²) in [7, 11) is 0. The van der Waals surface area contributed by atoms with Gasteiger partial charge in [0.25, 0.3) is 0 Å². The predicted molar refractivity (Wildman–Crippen MR) is 108 cm³/mol. The zero-order chi connectivity index (χ0) is 19.1. The molecule has 0 saturated heterocycles. The van der Waals surface area contributed by atoms with E-state index in [1.165, 1.54) is 6.07 Å². The summed E-state index contributed by atoms with van der Waals surface area (Å²) in [6.45, 7) is 0.232. The molecule has 0 spiro atoms. The summed E-state index contributed by atoms with van der Waals surface area (Å²) in [5.74, 6) is -0.220. The molecule has 5 heteroatoms. The maximum absolute atomic E-state index is 14.8. The first-order chi connectivity index (χ1) is 13.7. The van der Waals surface area contributed by atoms with E-state index in [1.807, 2.05) is 30.3 Å². The Morgan fingerprint density at radius 3 is 2.64 bits per heavy atom. The highest BCUT2D eigenvalue weighted by Gasteiger charge is 2.12. The first-order valence-electron chi connectivity index (χ1n) is 8.94. The number of nitrogens with zero attached hydrogens (tertiary/aromatic N) is 3. The van der Waals surface area contributed by atoms with Crippen LogP contribution in [0.15, 0.2) is 79.4 Å². The molecule has 3 aromatic heterocycles. The van der Waals surface area contributed by atoms with Gasteiger partial charge in [0.05, 0.1) is 17.4 Å². The number of hydrogen-bond acceptors (Lipinski definition) is 3. The molecule has 0 atom stereocenters. The number of aromatic hydroxyl groups is 1. The Morgan fingerprint density at radius 1 is 0.929 bits per heavy atom. The normalized spacial score (nSPS) is 11.3. The van der Waals surface area contributed by atoms with Gasteiger partial charge >= 0.3 is 0 Å². The monoisotopic (exact) mass is 369 g/mol. The van der Waals surface area contributed by atoms with Gasteiger partial charge in [0.15, 0.2) is 0 Å². The van der Waals surface area contributed by atoms with Crippen molar-refractivity contribution in [1.82, 2.24) is 14.5 Å². The van der Waals surface area contributed by atoms with Crippen molar-refractivity contribution in [3.05, 3.63) is 90.8 Å². The van der Waals surface area contributed by atoms with E-state index in [0.717, 1.165) is 21.9 Å². The maximum atomic E-state index is 14.8. The van der Waals surface area contributed by atoms with Gasteiger partial charge in [-0.1, -0.05) is 24.3 Å². The third kappa shape index (κ3) is 2.77. The van der Waals surface area contributed by atoms with Crippen LogP contribution in [0.25, 0.3) is 32.8 Å². The molecule has 3 heterocycles. The van der Waals surface area contributed by atoms with Crippen LogP contribution in [0.1, 0.15) is 5.56 Å². The number of rotatable bonds is 3. The van der Waals surface area contributed by atoms with E-state index in [2.05, 4.69) is 9.97 Å². The van der Waals surface area contributed by atoms with Crippen molar-refractivity contribution in [3.8, 4) is 17.0 Å². The van der Waals surface area contributed by atoms with Crippen LogP contribution in [0.2, 0.25) is 0 Å². The SMILES string of the molecule is Oc1c2cccnc2cn1Cc1ccc(-c2ccc3ccncc3c2)cc1F. The van der Waals surface area contributed by atoms with Gasteiger partial charge in [-0.3, -0.25) is 9.97 Å². The highest BCUT2D eigenvalue weighted by molar-refractivity contribution is 5.86. The molecule has 5 aromatic rings. The van der Waals surface area contributed by atoms with E-state index in [0.29, 0.717) is 16.5 Å². The first-order valence-corrected chi connectivity index (χ1v) is 8.94. The second-order valence-corrected chi connectivity index (χ2v) is 6.76. The Kier molecular flexibility index (Phi) is 3.79. The van der Waals surface area contributed by atoms with Gasteiger partial charge in [0, 0.05) is 35.7 Å². The van der Waals surface area contributed by atoms with Crippen LogP contribution in [0.4, 0.5) is 4.39 Å². The fraction of sp³-hybridized carbons (Fsp3) is 0.0435. The number of fused-ring (bicyclic) bond motifs is 2. The van der Waals surface area contributed by atoms with Gasteiger partial charge in [-0.2, -0.15) is 0 Å². The molecule has 136 valence electrons. The summed E-state index contributed by atoms with van der Waals surface area (Å²) in [5.41, 5.74) is 2.92. The largest absolute Gasteiger partial charge is 0.494 e. The minimum absolute atomic E-state index is 0.0913. The molecule has 1 N–H and O–H groups in total. The Labute approximate surface area is 160 Å². The Balaban J connectivity index is 1.49. The van der Waals surface area contributed by atoms with E-state index in [-0.39, 0.29) is 18.2 Å². The van der Waals surface area contributed by atoms with Crippen molar-refractivity contribution >= 4 is 21.7 Å². The number of aromatic nitrogens is 3. The molecule has 0 aliphatic rings. The molecule has 0 unspecified atom stereocenters. The Bertz CT molecular complexity index is 1330. The first kappa shape index (κ1) is 16.4. The highest BCUT2D eigenvalue weighted by atomic mass is 19.1. The fourth-order valence-electron chi connectivity index (χ4n) is 3.50. The van der Waals surface area contributed by atoms with Crippen LogP contribution in [-0.2, 0) is 6.54 Å². The lowest BCUT2D eigenvalue weighted by atomic mass is 10.0. The van der Waals surface area contributed by atoms with Crippen molar-refractivity contribution in [3.63, 3.8) is 0 Å². The number of hydrogen-bond donors (Lipinski definition) is 1. The van der Waals surface area contributed by atoms with Crippen LogP contribution in [0, 0.1) is 5.82 Å². The van der Waals surface area contributed by atoms with Crippen LogP contribution < -0.4 is 0 Å². The minimum atomic E-state index is -0.311. The zero-order valence-corrected chi connectivity index (χ0v) is 14.9. The van der Waals surface area contributed by atoms with Crippen LogP contribution >= 0.6 is 0 Å². The van der Waals surface area contributed by atoms with Crippen LogP contribution in [0.3, 0.4) is 0 Å². The molecule has 5 rings (SSSR count). The lowest BCUT2D eigenvalue weighted by Gasteiger charge is -2.09. The molecule has 0 aliphatic heterocycles. The van der Waals surface area contributed by atoms with Crippen molar-refractivity contribution < 1.29 is 9.50 Å². The molecule has 28 heavy (non-hydrogen) atoms. The lowest BCUT2D eigenvalue weighted by molar-refractivity contribution is 0.428. The minimum Gasteiger partial charge on any atom is -0.494 e. The molecule has 0 amide bonds. The number of halogens is 1. The second-order valence-electron chi connectivity index (χ2n) is 6.76. The van der Waals surface area contributed by atoms with Crippen LogP contribution in [-0.4, -0.2) is 19.6 Å². The molecule has 0 fully saturated rings. The highest BCUT2D eigenvalue weighted by Crippen LogP contribution is 2.29. The smallest absolute Gasteiger partial charge is 0.201 e. The lowest BCUT2D eigenvalue weighted by Crippen LogP contribution is -2.00. The van der Waals surface area contributed by atoms with Crippen molar-refractivity contribution in [1.29, 1.82) is 0 Å². The average Bonchev–Trinajstić information content (AvgIpc) is 3.05. The van der Waals surface area contributed by atoms with Gasteiger partial charge in [-0.05, 0) is 46.8 Å². The molecule has 0 aliphatic carbocycles.